The van der Waals surface area contributed by atoms with E-state index >= 15 is 0 Å². The third kappa shape index (κ3) is 5.23. The van der Waals surface area contributed by atoms with Gasteiger partial charge in [-0.05, 0) is 58.7 Å². The number of rotatable bonds is 7. The van der Waals surface area contributed by atoms with Gasteiger partial charge >= 0.3 is 0 Å². The predicted octanol–water partition coefficient (Wildman–Crippen LogP) is 6.83. The zero-order valence-electron chi connectivity index (χ0n) is 16.9. The van der Waals surface area contributed by atoms with Gasteiger partial charge in [0.25, 0.3) is 5.91 Å². The molecule has 1 heterocycles. The molecule has 0 aliphatic heterocycles. The molecule has 0 aliphatic rings. The zero-order valence-corrected chi connectivity index (χ0v) is 17.7. The molecular weight excluding hydrogens is 366 g/mol. The summed E-state index contributed by atoms with van der Waals surface area (Å²) in [6, 6.07) is 18.1. The molecule has 0 spiro atoms. The molecule has 2 aromatic carbocycles. The molecule has 1 aromatic heterocycles. The maximum Gasteiger partial charge on any atom is 0.265 e. The highest BCUT2D eigenvalue weighted by Gasteiger charge is 2.10. The minimum absolute atomic E-state index is 0.0881. The summed E-state index contributed by atoms with van der Waals surface area (Å²) in [6.45, 7) is 9.11. The highest BCUT2D eigenvalue weighted by Crippen LogP contribution is 2.22. The Bertz CT molecular complexity index is 909. The van der Waals surface area contributed by atoms with Crippen LogP contribution in [0, 0.1) is 0 Å². The van der Waals surface area contributed by atoms with Crippen LogP contribution in [-0.2, 0) is 6.61 Å². The molecule has 4 heteroatoms. The van der Waals surface area contributed by atoms with Gasteiger partial charge in [0.15, 0.2) is 0 Å². The van der Waals surface area contributed by atoms with Gasteiger partial charge in [0.1, 0.15) is 12.4 Å². The molecule has 146 valence electrons. The fourth-order valence-corrected chi connectivity index (χ4v) is 3.62. The highest BCUT2D eigenvalue weighted by molar-refractivity contribution is 7.12. The summed E-state index contributed by atoms with van der Waals surface area (Å²) in [4.78, 5) is 13.2. The van der Waals surface area contributed by atoms with Gasteiger partial charge < -0.3 is 10.1 Å². The van der Waals surface area contributed by atoms with Gasteiger partial charge in [0.05, 0.1) is 4.88 Å². The molecular formula is C24H27NO2S. The van der Waals surface area contributed by atoms with E-state index in [1.54, 1.807) is 0 Å². The van der Waals surface area contributed by atoms with Crippen molar-refractivity contribution in [1.82, 2.24) is 0 Å². The number of anilines is 1. The third-order valence-corrected chi connectivity index (χ3v) is 5.64. The molecule has 28 heavy (non-hydrogen) atoms. The van der Waals surface area contributed by atoms with Crippen molar-refractivity contribution < 1.29 is 9.53 Å². The maximum atomic E-state index is 12.5. The van der Waals surface area contributed by atoms with Crippen molar-refractivity contribution in [2.45, 2.75) is 46.1 Å². The lowest BCUT2D eigenvalue weighted by Gasteiger charge is -2.08. The molecule has 1 N–H and O–H groups in total. The number of ether oxygens (including phenoxy) is 1. The molecule has 1 amide bonds. The summed E-state index contributed by atoms with van der Waals surface area (Å²) in [5.41, 5.74) is 4.36. The van der Waals surface area contributed by atoms with Gasteiger partial charge in [-0.2, -0.15) is 0 Å². The van der Waals surface area contributed by atoms with Crippen molar-refractivity contribution in [1.29, 1.82) is 0 Å². The van der Waals surface area contributed by atoms with Crippen LogP contribution in [-0.4, -0.2) is 5.91 Å². The second kappa shape index (κ2) is 9.07. The van der Waals surface area contributed by atoms with E-state index in [9.17, 15) is 4.79 Å². The Labute approximate surface area is 171 Å². The fraction of sp³-hybridized carbons (Fsp3) is 0.292. The van der Waals surface area contributed by atoms with E-state index in [1.807, 2.05) is 35.7 Å². The second-order valence-corrected chi connectivity index (χ2v) is 8.47. The number of carbonyl (C=O) groups is 1. The first-order chi connectivity index (χ1) is 13.4. The molecule has 0 atom stereocenters. The van der Waals surface area contributed by atoms with Gasteiger partial charge in [-0.15, -0.1) is 11.3 Å². The molecule has 0 saturated carbocycles. The minimum atomic E-state index is -0.0881. The average molecular weight is 394 g/mol. The molecule has 3 rings (SSSR count). The first-order valence-electron chi connectivity index (χ1n) is 9.64. The molecule has 0 fully saturated rings. The van der Waals surface area contributed by atoms with Crippen LogP contribution >= 0.6 is 11.3 Å². The summed E-state index contributed by atoms with van der Waals surface area (Å²) in [6.07, 6.45) is 0. The number of benzene rings is 2. The Kier molecular flexibility index (Phi) is 6.53. The standard InChI is InChI=1S/C24H27NO2S/c1-16(2)19-5-9-21(10-6-19)25-24(26)23-13-18(15-28-23)14-27-22-11-7-20(8-12-22)17(3)4/h5-13,15-17H,14H2,1-4H3,(H,25,26). The Morgan fingerprint density at radius 2 is 1.50 bits per heavy atom. The van der Waals surface area contributed by atoms with Crippen molar-refractivity contribution in [3.63, 3.8) is 0 Å². The average Bonchev–Trinajstić information content (AvgIpc) is 3.16. The van der Waals surface area contributed by atoms with E-state index in [-0.39, 0.29) is 5.91 Å². The first-order valence-corrected chi connectivity index (χ1v) is 10.5. The summed E-state index contributed by atoms with van der Waals surface area (Å²) in [5.74, 6) is 1.74. The Balaban J connectivity index is 1.56. The van der Waals surface area contributed by atoms with Gasteiger partial charge in [-0.3, -0.25) is 4.79 Å². The van der Waals surface area contributed by atoms with Gasteiger partial charge in [0.2, 0.25) is 0 Å². The van der Waals surface area contributed by atoms with E-state index in [2.05, 4.69) is 57.3 Å². The number of hydrogen-bond donors (Lipinski definition) is 1. The zero-order chi connectivity index (χ0) is 20.1. The van der Waals surface area contributed by atoms with Gasteiger partial charge in [0, 0.05) is 11.3 Å². The van der Waals surface area contributed by atoms with Crippen LogP contribution in [0.15, 0.2) is 60.0 Å². The molecule has 0 saturated heterocycles. The smallest absolute Gasteiger partial charge is 0.265 e. The summed E-state index contributed by atoms with van der Waals surface area (Å²) in [7, 11) is 0. The predicted molar refractivity (Wildman–Crippen MR) is 118 cm³/mol. The molecule has 0 unspecified atom stereocenters. The summed E-state index contributed by atoms with van der Waals surface area (Å²) >= 11 is 1.43. The SMILES string of the molecule is CC(C)c1ccc(NC(=O)c2cc(COc3ccc(C(C)C)cc3)cs2)cc1. The van der Waals surface area contributed by atoms with E-state index in [4.69, 9.17) is 4.74 Å². The quantitative estimate of drug-likeness (QED) is 0.478. The lowest BCUT2D eigenvalue weighted by atomic mass is 10.0. The van der Waals surface area contributed by atoms with Crippen LogP contribution in [0.1, 0.15) is 65.9 Å². The van der Waals surface area contributed by atoms with Crippen LogP contribution in [0.5, 0.6) is 5.75 Å². The van der Waals surface area contributed by atoms with Crippen molar-refractivity contribution >= 4 is 22.9 Å². The summed E-state index contributed by atoms with van der Waals surface area (Å²) in [5, 5.41) is 4.93. The van der Waals surface area contributed by atoms with Crippen LogP contribution in [0.4, 0.5) is 5.69 Å². The minimum Gasteiger partial charge on any atom is -0.489 e. The number of nitrogens with one attached hydrogen (secondary N) is 1. The number of thiophene rings is 1. The molecule has 0 bridgehead atoms. The molecule has 0 radical (unpaired) electrons. The largest absolute Gasteiger partial charge is 0.489 e. The lowest BCUT2D eigenvalue weighted by molar-refractivity contribution is 0.103. The van der Waals surface area contributed by atoms with Crippen LogP contribution < -0.4 is 10.1 Å². The first kappa shape index (κ1) is 20.2. The van der Waals surface area contributed by atoms with Gasteiger partial charge in [-0.25, -0.2) is 0 Å². The van der Waals surface area contributed by atoms with Crippen LogP contribution in [0.2, 0.25) is 0 Å². The van der Waals surface area contributed by atoms with E-state index in [0.717, 1.165) is 17.0 Å². The van der Waals surface area contributed by atoms with E-state index < -0.39 is 0 Å². The Morgan fingerprint density at radius 1 is 0.929 bits per heavy atom. The van der Waals surface area contributed by atoms with Crippen molar-refractivity contribution in [2.24, 2.45) is 0 Å². The number of amides is 1. The summed E-state index contributed by atoms with van der Waals surface area (Å²) < 4.78 is 5.85. The van der Waals surface area contributed by atoms with Crippen LogP contribution in [0.25, 0.3) is 0 Å². The molecule has 3 nitrogen and oxygen atoms in total. The normalized spacial score (nSPS) is 11.1. The topological polar surface area (TPSA) is 38.3 Å². The van der Waals surface area contributed by atoms with Crippen LogP contribution in [0.3, 0.4) is 0 Å². The van der Waals surface area contributed by atoms with Crippen molar-refractivity contribution in [2.75, 3.05) is 5.32 Å². The van der Waals surface area contributed by atoms with E-state index in [0.29, 0.717) is 23.3 Å². The highest BCUT2D eigenvalue weighted by atomic mass is 32.1. The fourth-order valence-electron chi connectivity index (χ4n) is 2.83. The Hall–Kier alpha value is -2.59. The number of carbonyl (C=O) groups excluding carboxylic acids is 1. The number of hydrogen-bond acceptors (Lipinski definition) is 3. The van der Waals surface area contributed by atoms with E-state index in [1.165, 1.54) is 22.5 Å². The van der Waals surface area contributed by atoms with Crippen molar-refractivity contribution in [3.8, 4) is 5.75 Å². The van der Waals surface area contributed by atoms with Gasteiger partial charge in [-0.1, -0.05) is 52.0 Å². The molecule has 0 aliphatic carbocycles. The maximum absolute atomic E-state index is 12.5. The second-order valence-electron chi connectivity index (χ2n) is 7.56. The molecule has 3 aromatic rings. The Morgan fingerprint density at radius 3 is 2.07 bits per heavy atom. The monoisotopic (exact) mass is 393 g/mol. The third-order valence-electron chi connectivity index (χ3n) is 4.67. The lowest BCUT2D eigenvalue weighted by Crippen LogP contribution is -2.10. The van der Waals surface area contributed by atoms with Crippen molar-refractivity contribution in [3.05, 3.63) is 81.5 Å².